The second-order valence-corrected chi connectivity index (χ2v) is 11.3. The molecule has 146 valence electrons. The van der Waals surface area contributed by atoms with Crippen molar-refractivity contribution in [3.63, 3.8) is 0 Å². The molecule has 1 aliphatic rings. The SMILES string of the molecule is Cc1ccc(F)c(S(=O)(=O)[C@H]2CS(=O)(=O)C[C@@H]2NCc2ccccc2C)c1. The first kappa shape index (κ1) is 20.0. The molecule has 0 unspecified atom stereocenters. The third kappa shape index (κ3) is 4.23. The Morgan fingerprint density at radius 3 is 2.52 bits per heavy atom. The average molecular weight is 412 g/mol. The third-order valence-electron chi connectivity index (χ3n) is 4.91. The average Bonchev–Trinajstić information content (AvgIpc) is 2.92. The molecule has 0 amide bonds. The Bertz CT molecular complexity index is 1060. The summed E-state index contributed by atoms with van der Waals surface area (Å²) in [5, 5.41) is 1.85. The van der Waals surface area contributed by atoms with Crippen LogP contribution >= 0.6 is 0 Å². The highest BCUT2D eigenvalue weighted by Crippen LogP contribution is 2.28. The minimum absolute atomic E-state index is 0.282. The van der Waals surface area contributed by atoms with Gasteiger partial charge in [0.2, 0.25) is 0 Å². The highest BCUT2D eigenvalue weighted by Gasteiger charge is 2.46. The smallest absolute Gasteiger partial charge is 0.186 e. The molecule has 27 heavy (non-hydrogen) atoms. The summed E-state index contributed by atoms with van der Waals surface area (Å²) in [7, 11) is -7.68. The molecule has 0 spiro atoms. The van der Waals surface area contributed by atoms with Gasteiger partial charge in [-0.3, -0.25) is 0 Å². The first-order chi connectivity index (χ1) is 12.6. The molecule has 1 aliphatic heterocycles. The van der Waals surface area contributed by atoms with Crippen LogP contribution in [-0.2, 0) is 26.2 Å². The van der Waals surface area contributed by atoms with Crippen LogP contribution in [0.5, 0.6) is 0 Å². The summed E-state index contributed by atoms with van der Waals surface area (Å²) in [6.45, 7) is 3.94. The molecule has 0 aliphatic carbocycles. The van der Waals surface area contributed by atoms with E-state index in [2.05, 4.69) is 5.32 Å². The number of rotatable bonds is 5. The zero-order chi connectivity index (χ0) is 19.8. The van der Waals surface area contributed by atoms with Crippen molar-refractivity contribution in [1.29, 1.82) is 0 Å². The molecule has 1 heterocycles. The van der Waals surface area contributed by atoms with Gasteiger partial charge in [-0.15, -0.1) is 0 Å². The van der Waals surface area contributed by atoms with Crippen LogP contribution in [0.1, 0.15) is 16.7 Å². The van der Waals surface area contributed by atoms with Gasteiger partial charge >= 0.3 is 0 Å². The molecule has 3 rings (SSSR count). The lowest BCUT2D eigenvalue weighted by atomic mass is 10.1. The maximum Gasteiger partial charge on any atom is 0.186 e. The van der Waals surface area contributed by atoms with Crippen molar-refractivity contribution in [2.75, 3.05) is 11.5 Å². The maximum absolute atomic E-state index is 14.2. The lowest BCUT2D eigenvalue weighted by Gasteiger charge is -2.21. The number of hydrogen-bond donors (Lipinski definition) is 1. The zero-order valence-corrected chi connectivity index (χ0v) is 16.8. The predicted molar refractivity (Wildman–Crippen MR) is 103 cm³/mol. The molecule has 2 aromatic carbocycles. The van der Waals surface area contributed by atoms with Crippen molar-refractivity contribution < 1.29 is 21.2 Å². The highest BCUT2D eigenvalue weighted by atomic mass is 32.2. The Morgan fingerprint density at radius 1 is 1.11 bits per heavy atom. The van der Waals surface area contributed by atoms with Crippen LogP contribution in [0.4, 0.5) is 4.39 Å². The molecule has 0 radical (unpaired) electrons. The minimum Gasteiger partial charge on any atom is -0.308 e. The summed E-state index contributed by atoms with van der Waals surface area (Å²) in [5.74, 6) is -1.65. The normalized spacial score (nSPS) is 22.0. The summed E-state index contributed by atoms with van der Waals surface area (Å²) in [5.41, 5.74) is 2.58. The maximum atomic E-state index is 14.2. The van der Waals surface area contributed by atoms with Crippen molar-refractivity contribution in [3.8, 4) is 0 Å². The van der Waals surface area contributed by atoms with Crippen molar-refractivity contribution in [2.24, 2.45) is 0 Å². The molecule has 0 saturated carbocycles. The Hall–Kier alpha value is -1.77. The summed E-state index contributed by atoms with van der Waals surface area (Å²) >= 11 is 0. The molecule has 1 fully saturated rings. The summed E-state index contributed by atoms with van der Waals surface area (Å²) in [4.78, 5) is -0.438. The van der Waals surface area contributed by atoms with Gasteiger partial charge in [0.15, 0.2) is 19.7 Å². The molecule has 0 bridgehead atoms. The van der Waals surface area contributed by atoms with Crippen molar-refractivity contribution in [2.45, 2.75) is 36.6 Å². The Morgan fingerprint density at radius 2 is 1.81 bits per heavy atom. The molecule has 1 N–H and O–H groups in total. The number of halogens is 1. The van der Waals surface area contributed by atoms with E-state index >= 15 is 0 Å². The molecule has 2 atom stereocenters. The van der Waals surface area contributed by atoms with E-state index in [1.54, 1.807) is 6.92 Å². The molecule has 8 heteroatoms. The van der Waals surface area contributed by atoms with E-state index in [-0.39, 0.29) is 5.75 Å². The fraction of sp³-hybridized carbons (Fsp3) is 0.368. The third-order valence-corrected chi connectivity index (χ3v) is 9.07. The van der Waals surface area contributed by atoms with Gasteiger partial charge in [-0.05, 0) is 42.7 Å². The molecular formula is C19H22FNO4S2. The fourth-order valence-corrected chi connectivity index (χ4v) is 8.22. The van der Waals surface area contributed by atoms with E-state index in [0.29, 0.717) is 12.1 Å². The Kier molecular flexibility index (Phi) is 5.42. The number of nitrogens with one attached hydrogen (secondary N) is 1. The monoisotopic (exact) mass is 411 g/mol. The molecular weight excluding hydrogens is 389 g/mol. The van der Waals surface area contributed by atoms with Crippen LogP contribution in [0, 0.1) is 19.7 Å². The van der Waals surface area contributed by atoms with Crippen LogP contribution in [0.25, 0.3) is 0 Å². The van der Waals surface area contributed by atoms with E-state index in [9.17, 15) is 21.2 Å². The summed E-state index contributed by atoms with van der Waals surface area (Å²) in [6.07, 6.45) is 0. The first-order valence-electron chi connectivity index (χ1n) is 8.58. The molecule has 5 nitrogen and oxygen atoms in total. The standard InChI is InChI=1S/C19H22FNO4S2/c1-13-7-8-16(20)18(9-13)27(24,25)19-12-26(22,23)11-17(19)21-10-15-6-4-3-5-14(15)2/h3-9,17,19,21H,10-12H2,1-2H3/t17-,19-/m0/s1. The first-order valence-corrected chi connectivity index (χ1v) is 12.0. The lowest BCUT2D eigenvalue weighted by Crippen LogP contribution is -2.43. The Balaban J connectivity index is 1.92. The van der Waals surface area contributed by atoms with E-state index in [1.807, 2.05) is 31.2 Å². The highest BCUT2D eigenvalue weighted by molar-refractivity contribution is 7.96. The van der Waals surface area contributed by atoms with Gasteiger partial charge in [-0.1, -0.05) is 30.3 Å². The molecule has 1 saturated heterocycles. The number of hydrogen-bond acceptors (Lipinski definition) is 5. The van der Waals surface area contributed by atoms with Gasteiger partial charge in [-0.2, -0.15) is 0 Å². The van der Waals surface area contributed by atoms with Crippen molar-refractivity contribution in [1.82, 2.24) is 5.32 Å². The molecule has 0 aromatic heterocycles. The number of sulfone groups is 2. The number of benzene rings is 2. The molecule has 2 aromatic rings. The number of aryl methyl sites for hydroxylation is 2. The largest absolute Gasteiger partial charge is 0.308 e. The van der Waals surface area contributed by atoms with Crippen LogP contribution in [0.2, 0.25) is 0 Å². The van der Waals surface area contributed by atoms with Gasteiger partial charge in [0, 0.05) is 12.6 Å². The van der Waals surface area contributed by atoms with E-state index < -0.39 is 47.4 Å². The van der Waals surface area contributed by atoms with Gasteiger partial charge in [0.25, 0.3) is 0 Å². The van der Waals surface area contributed by atoms with Gasteiger partial charge in [0.1, 0.15) is 10.7 Å². The van der Waals surface area contributed by atoms with Gasteiger partial charge < -0.3 is 5.32 Å². The van der Waals surface area contributed by atoms with Crippen molar-refractivity contribution in [3.05, 3.63) is 65.0 Å². The van der Waals surface area contributed by atoms with Crippen LogP contribution in [0.15, 0.2) is 47.4 Å². The summed E-state index contributed by atoms with van der Waals surface area (Å²) in [6, 6.07) is 10.6. The second kappa shape index (κ2) is 7.33. The van der Waals surface area contributed by atoms with Gasteiger partial charge in [-0.25, -0.2) is 21.2 Å². The van der Waals surface area contributed by atoms with E-state index in [0.717, 1.165) is 17.2 Å². The quantitative estimate of drug-likeness (QED) is 0.816. The fourth-order valence-electron chi connectivity index (χ4n) is 3.35. The Labute approximate surface area is 159 Å². The minimum atomic E-state index is -4.14. The van der Waals surface area contributed by atoms with Gasteiger partial charge in [0.05, 0.1) is 16.8 Å². The van der Waals surface area contributed by atoms with Crippen LogP contribution in [0.3, 0.4) is 0 Å². The van der Waals surface area contributed by atoms with E-state index in [4.69, 9.17) is 0 Å². The summed E-state index contributed by atoms with van der Waals surface area (Å²) < 4.78 is 64.6. The van der Waals surface area contributed by atoms with Crippen LogP contribution < -0.4 is 5.32 Å². The predicted octanol–water partition coefficient (Wildman–Crippen LogP) is 2.17. The van der Waals surface area contributed by atoms with Crippen LogP contribution in [-0.4, -0.2) is 39.6 Å². The lowest BCUT2D eigenvalue weighted by molar-refractivity contribution is 0.518. The zero-order valence-electron chi connectivity index (χ0n) is 15.1. The topological polar surface area (TPSA) is 80.3 Å². The van der Waals surface area contributed by atoms with E-state index in [1.165, 1.54) is 12.1 Å². The van der Waals surface area contributed by atoms with Crippen molar-refractivity contribution >= 4 is 19.7 Å². The second-order valence-electron chi connectivity index (χ2n) is 7.01.